The van der Waals surface area contributed by atoms with Crippen LogP contribution in [-0.4, -0.2) is 55.8 Å². The number of carbonyl (C=O) groups excluding carboxylic acids is 1. The van der Waals surface area contributed by atoms with E-state index in [0.717, 1.165) is 10.1 Å². The first-order chi connectivity index (χ1) is 12.9. The highest BCUT2D eigenvalue weighted by Gasteiger charge is 2.43. The Kier molecular flexibility index (Phi) is 5.51. The van der Waals surface area contributed by atoms with Crippen molar-refractivity contribution in [1.82, 2.24) is 9.55 Å². The number of aliphatic hydroxyl groups excluding tert-OH is 3. The molecule has 1 aromatic heterocycles. The number of rotatable bonds is 5. The molecule has 0 unspecified atom stereocenters. The Labute approximate surface area is 153 Å². The van der Waals surface area contributed by atoms with Gasteiger partial charge in [0.2, 0.25) is 0 Å². The number of aryl methyl sites for hydroxylation is 1. The highest BCUT2D eigenvalue weighted by molar-refractivity contribution is 5.89. The Hall–Kier alpha value is -2.79. The second-order valence-electron chi connectivity index (χ2n) is 6.09. The Morgan fingerprint density at radius 3 is 2.56 bits per heavy atom. The summed E-state index contributed by atoms with van der Waals surface area (Å²) in [6.07, 6.45) is -3.68. The van der Waals surface area contributed by atoms with Gasteiger partial charge in [0.1, 0.15) is 18.3 Å². The Morgan fingerprint density at radius 2 is 1.96 bits per heavy atom. The zero-order valence-corrected chi connectivity index (χ0v) is 14.3. The van der Waals surface area contributed by atoms with Crippen LogP contribution in [0.2, 0.25) is 0 Å². The highest BCUT2D eigenvalue weighted by atomic mass is 16.7. The number of aliphatic hydroxyl groups is 3. The molecule has 1 aliphatic rings. The van der Waals surface area contributed by atoms with Crippen LogP contribution < -0.4 is 11.2 Å². The molecule has 0 spiro atoms. The van der Waals surface area contributed by atoms with E-state index in [2.05, 4.69) is 10.5 Å². The lowest BCUT2D eigenvalue weighted by molar-refractivity contribution is -0.0549. The number of benzene rings is 1. The van der Waals surface area contributed by atoms with Gasteiger partial charge in [-0.2, -0.15) is 10.5 Å². The highest BCUT2D eigenvalue weighted by Crippen LogP contribution is 2.28. The van der Waals surface area contributed by atoms with Crippen molar-refractivity contribution < 1.29 is 29.7 Å². The summed E-state index contributed by atoms with van der Waals surface area (Å²) in [6, 6.07) is 8.06. The molecule has 144 valence electrons. The summed E-state index contributed by atoms with van der Waals surface area (Å²) in [5.41, 5.74) is 2.81. The first-order valence-corrected chi connectivity index (χ1v) is 8.16. The molecule has 0 saturated carbocycles. The maximum atomic E-state index is 12.2. The van der Waals surface area contributed by atoms with Crippen LogP contribution in [0.5, 0.6) is 0 Å². The number of carbonyl (C=O) groups is 1. The van der Waals surface area contributed by atoms with Crippen LogP contribution >= 0.6 is 0 Å². The number of nitrogens with zero attached hydrogens (tertiary/aromatic N) is 2. The molecule has 0 aliphatic carbocycles. The van der Waals surface area contributed by atoms with Crippen molar-refractivity contribution in [3.8, 4) is 0 Å². The number of aromatic nitrogens is 2. The van der Waals surface area contributed by atoms with Gasteiger partial charge in [-0.25, -0.2) is 9.59 Å². The first-order valence-electron chi connectivity index (χ1n) is 8.16. The predicted molar refractivity (Wildman–Crippen MR) is 91.7 cm³/mol. The average molecular weight is 377 g/mol. The Morgan fingerprint density at radius 1 is 1.26 bits per heavy atom. The third kappa shape index (κ3) is 3.98. The molecule has 4 atom stereocenters. The van der Waals surface area contributed by atoms with Crippen molar-refractivity contribution in [2.24, 2.45) is 0 Å². The largest absolute Gasteiger partial charge is 0.394 e. The van der Waals surface area contributed by atoms with Gasteiger partial charge in [0.25, 0.3) is 0 Å². The second-order valence-corrected chi connectivity index (χ2v) is 6.09. The fourth-order valence-corrected chi connectivity index (χ4v) is 2.62. The predicted octanol–water partition coefficient (Wildman–Crippen LogP) is -0.653. The zero-order chi connectivity index (χ0) is 19.6. The van der Waals surface area contributed by atoms with E-state index in [0.29, 0.717) is 5.56 Å². The van der Waals surface area contributed by atoms with Crippen LogP contribution in [0.15, 0.2) is 41.3 Å². The molecule has 10 heteroatoms. The number of hydrogen-bond donors (Lipinski definition) is 4. The zero-order valence-electron chi connectivity index (χ0n) is 14.3. The molecule has 2 heterocycles. The fraction of sp³-hybridized carbons (Fsp3) is 0.353. The molecule has 3 rings (SSSR count). The van der Waals surface area contributed by atoms with Gasteiger partial charge in [-0.15, -0.1) is 0 Å². The molecule has 2 aromatic rings. The van der Waals surface area contributed by atoms with E-state index in [1.165, 1.54) is 12.3 Å². The van der Waals surface area contributed by atoms with Crippen LogP contribution in [0.1, 0.15) is 22.1 Å². The lowest BCUT2D eigenvalue weighted by Crippen LogP contribution is -2.36. The molecular weight excluding hydrogens is 358 g/mol. The van der Waals surface area contributed by atoms with Crippen molar-refractivity contribution in [1.29, 1.82) is 0 Å². The first kappa shape index (κ1) is 19.0. The van der Waals surface area contributed by atoms with Gasteiger partial charge in [-0.05, 0) is 19.1 Å². The molecular formula is C17H19N3O7. The molecule has 27 heavy (non-hydrogen) atoms. The van der Waals surface area contributed by atoms with E-state index < -0.39 is 42.8 Å². The maximum absolute atomic E-state index is 12.2. The minimum Gasteiger partial charge on any atom is -0.394 e. The van der Waals surface area contributed by atoms with Gasteiger partial charge in [-0.1, -0.05) is 17.7 Å². The number of anilines is 1. The van der Waals surface area contributed by atoms with Crippen molar-refractivity contribution >= 4 is 11.8 Å². The third-order valence-electron chi connectivity index (χ3n) is 4.16. The van der Waals surface area contributed by atoms with Gasteiger partial charge in [0.15, 0.2) is 12.0 Å². The number of ether oxygens (including phenoxy) is 1. The van der Waals surface area contributed by atoms with E-state index in [-0.39, 0.29) is 5.82 Å². The van der Waals surface area contributed by atoms with E-state index in [9.17, 15) is 19.8 Å². The molecule has 1 saturated heterocycles. The summed E-state index contributed by atoms with van der Waals surface area (Å²) in [5.74, 6) is -0.673. The van der Waals surface area contributed by atoms with Crippen molar-refractivity contribution in [3.63, 3.8) is 0 Å². The van der Waals surface area contributed by atoms with Crippen LogP contribution in [0.3, 0.4) is 0 Å². The molecule has 0 amide bonds. The summed E-state index contributed by atoms with van der Waals surface area (Å²) in [7, 11) is 0. The molecule has 1 aromatic carbocycles. The molecule has 10 nitrogen and oxygen atoms in total. The van der Waals surface area contributed by atoms with Crippen molar-refractivity contribution in [2.45, 2.75) is 31.5 Å². The van der Waals surface area contributed by atoms with Crippen LogP contribution in [-0.2, 0) is 9.57 Å². The smallest absolute Gasteiger partial charge is 0.362 e. The van der Waals surface area contributed by atoms with E-state index in [1.807, 2.05) is 6.92 Å². The van der Waals surface area contributed by atoms with Gasteiger partial charge < -0.3 is 24.9 Å². The van der Waals surface area contributed by atoms with Crippen LogP contribution in [0, 0.1) is 6.92 Å². The number of nitrogens with one attached hydrogen (secondary N) is 1. The number of hydrogen-bond acceptors (Lipinski definition) is 9. The maximum Gasteiger partial charge on any atom is 0.362 e. The molecule has 0 bridgehead atoms. The topological polar surface area (TPSA) is 143 Å². The van der Waals surface area contributed by atoms with E-state index in [1.54, 1.807) is 24.3 Å². The van der Waals surface area contributed by atoms with E-state index >= 15 is 0 Å². The SMILES string of the molecule is Cc1ccc(C(=O)ONc2ccn([C@@H]3O[C@H](CO)[C@@H](O)[C@H]3O)c(=O)n2)cc1. The monoisotopic (exact) mass is 377 g/mol. The van der Waals surface area contributed by atoms with Crippen LogP contribution in [0.25, 0.3) is 0 Å². The normalized spacial score (nSPS) is 24.6. The average Bonchev–Trinajstić information content (AvgIpc) is 2.95. The minimum atomic E-state index is -1.40. The minimum absolute atomic E-state index is 0.0246. The van der Waals surface area contributed by atoms with Gasteiger partial charge in [0, 0.05) is 12.3 Å². The molecule has 0 radical (unpaired) electrons. The van der Waals surface area contributed by atoms with Crippen LogP contribution in [0.4, 0.5) is 5.82 Å². The van der Waals surface area contributed by atoms with Gasteiger partial charge in [-0.3, -0.25) is 4.57 Å². The van der Waals surface area contributed by atoms with Gasteiger partial charge >= 0.3 is 11.7 Å². The fourth-order valence-electron chi connectivity index (χ4n) is 2.62. The summed E-state index contributed by atoms with van der Waals surface area (Å²) in [6.45, 7) is 1.38. The van der Waals surface area contributed by atoms with Gasteiger partial charge in [0.05, 0.1) is 12.2 Å². The Bertz CT molecular complexity index is 868. The molecule has 4 N–H and O–H groups in total. The quantitative estimate of drug-likeness (QED) is 0.500. The van der Waals surface area contributed by atoms with Crippen molar-refractivity contribution in [3.05, 3.63) is 58.1 Å². The lowest BCUT2D eigenvalue weighted by Gasteiger charge is -2.17. The standard InChI is InChI=1S/C17H19N3O7/c1-9-2-4-10(5-3-9)16(24)27-19-12-6-7-20(17(25)18-12)15-14(23)13(22)11(8-21)26-15/h2-7,11,13-15,21-23H,8H2,1H3,(H,18,19,25)/t11-,13-,14-,15-/m1/s1. The Balaban J connectivity index is 1.67. The van der Waals surface area contributed by atoms with E-state index in [4.69, 9.17) is 14.7 Å². The molecule has 1 aliphatic heterocycles. The summed E-state index contributed by atoms with van der Waals surface area (Å²) in [5, 5.41) is 28.8. The summed E-state index contributed by atoms with van der Waals surface area (Å²) >= 11 is 0. The summed E-state index contributed by atoms with van der Waals surface area (Å²) in [4.78, 5) is 32.7. The summed E-state index contributed by atoms with van der Waals surface area (Å²) < 4.78 is 6.24. The molecule has 1 fully saturated rings. The van der Waals surface area contributed by atoms with Crippen molar-refractivity contribution in [2.75, 3.05) is 12.1 Å². The lowest BCUT2D eigenvalue weighted by atomic mass is 10.1. The second kappa shape index (κ2) is 7.84. The third-order valence-corrected chi connectivity index (χ3v) is 4.16.